The number of amides is 1. The van der Waals surface area contributed by atoms with E-state index < -0.39 is 6.10 Å². The summed E-state index contributed by atoms with van der Waals surface area (Å²) in [5.41, 5.74) is 0. The number of thiazole rings is 1. The van der Waals surface area contributed by atoms with Gasteiger partial charge in [-0.2, -0.15) is 0 Å². The van der Waals surface area contributed by atoms with E-state index in [1.807, 2.05) is 6.92 Å². The van der Waals surface area contributed by atoms with Crippen LogP contribution in [0.25, 0.3) is 0 Å². The van der Waals surface area contributed by atoms with Gasteiger partial charge in [-0.25, -0.2) is 4.98 Å². The molecule has 1 amide bonds. The summed E-state index contributed by atoms with van der Waals surface area (Å²) in [4.78, 5) is 16.7. The second-order valence-electron chi connectivity index (χ2n) is 4.49. The minimum atomic E-state index is -0.413. The van der Waals surface area contributed by atoms with E-state index in [4.69, 9.17) is 0 Å². The molecule has 0 radical (unpaired) electrons. The molecule has 1 aliphatic rings. The Balaban J connectivity index is 1.93. The van der Waals surface area contributed by atoms with Crippen LogP contribution >= 0.6 is 11.3 Å². The molecule has 2 rings (SSSR count). The molecule has 2 unspecified atom stereocenters. The first kappa shape index (κ1) is 13.3. The zero-order valence-corrected chi connectivity index (χ0v) is 11.3. The normalized spacial score (nSPS) is 23.7. The number of aromatic nitrogens is 1. The molecule has 1 aromatic heterocycles. The van der Waals surface area contributed by atoms with E-state index in [9.17, 15) is 9.90 Å². The molecule has 1 saturated carbocycles. The molecular formula is C12H19N3O2S. The Kier molecular flexibility index (Phi) is 4.54. The second kappa shape index (κ2) is 6.15. The Morgan fingerprint density at radius 2 is 2.33 bits per heavy atom. The molecule has 1 fully saturated rings. The largest absolute Gasteiger partial charge is 0.391 e. The molecule has 0 bridgehead atoms. The summed E-state index contributed by atoms with van der Waals surface area (Å²) in [6.45, 7) is 2.77. The highest BCUT2D eigenvalue weighted by molar-refractivity contribution is 7.17. The lowest BCUT2D eigenvalue weighted by atomic mass is 9.92. The van der Waals surface area contributed by atoms with Crippen molar-refractivity contribution in [3.63, 3.8) is 0 Å². The Hall–Kier alpha value is -1.14. The van der Waals surface area contributed by atoms with E-state index in [0.717, 1.165) is 37.4 Å². The third kappa shape index (κ3) is 3.20. The number of carbonyl (C=O) groups excluding carboxylic acids is 1. The fraction of sp³-hybridized carbons (Fsp3) is 0.667. The summed E-state index contributed by atoms with van der Waals surface area (Å²) >= 11 is 1.34. The third-order valence-electron chi connectivity index (χ3n) is 3.10. The number of hydrogen-bond acceptors (Lipinski definition) is 5. The molecule has 2 atom stereocenters. The number of aliphatic hydroxyl groups is 1. The van der Waals surface area contributed by atoms with Crippen molar-refractivity contribution in [2.24, 2.45) is 0 Å². The molecule has 6 heteroatoms. The van der Waals surface area contributed by atoms with Gasteiger partial charge in [0, 0.05) is 6.54 Å². The smallest absolute Gasteiger partial charge is 0.263 e. The van der Waals surface area contributed by atoms with Crippen LogP contribution in [0.1, 0.15) is 42.3 Å². The molecule has 3 N–H and O–H groups in total. The van der Waals surface area contributed by atoms with Crippen molar-refractivity contribution in [2.45, 2.75) is 44.8 Å². The summed E-state index contributed by atoms with van der Waals surface area (Å²) in [6.07, 6.45) is 4.89. The molecule has 18 heavy (non-hydrogen) atoms. The van der Waals surface area contributed by atoms with Crippen LogP contribution in [0.3, 0.4) is 0 Å². The molecule has 5 nitrogen and oxygen atoms in total. The van der Waals surface area contributed by atoms with E-state index >= 15 is 0 Å². The van der Waals surface area contributed by atoms with Crippen molar-refractivity contribution < 1.29 is 9.90 Å². The van der Waals surface area contributed by atoms with Crippen LogP contribution in [-0.4, -0.2) is 34.7 Å². The molecule has 0 saturated heterocycles. The van der Waals surface area contributed by atoms with E-state index in [1.54, 1.807) is 6.20 Å². The van der Waals surface area contributed by atoms with Crippen molar-refractivity contribution in [3.05, 3.63) is 11.1 Å². The first-order valence-electron chi connectivity index (χ1n) is 6.39. The minimum absolute atomic E-state index is 0.115. The average molecular weight is 269 g/mol. The predicted molar refractivity (Wildman–Crippen MR) is 72.0 cm³/mol. The maximum atomic E-state index is 12.0. The fourth-order valence-corrected chi connectivity index (χ4v) is 2.92. The number of carbonyl (C=O) groups is 1. The van der Waals surface area contributed by atoms with Gasteiger partial charge >= 0.3 is 0 Å². The Morgan fingerprint density at radius 3 is 3.06 bits per heavy atom. The van der Waals surface area contributed by atoms with Gasteiger partial charge in [0.15, 0.2) is 5.13 Å². The standard InChI is InChI=1S/C12H19N3O2S/c1-2-13-12-14-7-10(18-12)11(17)15-8-5-3-4-6-9(8)16/h7-9,16H,2-6H2,1H3,(H,13,14)(H,15,17). The van der Waals surface area contributed by atoms with Crippen LogP contribution in [0.15, 0.2) is 6.20 Å². The first-order valence-corrected chi connectivity index (χ1v) is 7.21. The molecular weight excluding hydrogens is 250 g/mol. The molecule has 0 aromatic carbocycles. The van der Waals surface area contributed by atoms with Crippen LogP contribution < -0.4 is 10.6 Å². The summed E-state index contributed by atoms with van der Waals surface area (Å²) in [5.74, 6) is -0.136. The lowest BCUT2D eigenvalue weighted by Crippen LogP contribution is -2.44. The number of anilines is 1. The van der Waals surface area contributed by atoms with Gasteiger partial charge in [0.1, 0.15) is 4.88 Å². The zero-order valence-electron chi connectivity index (χ0n) is 10.5. The highest BCUT2D eigenvalue weighted by atomic mass is 32.1. The Morgan fingerprint density at radius 1 is 1.56 bits per heavy atom. The van der Waals surface area contributed by atoms with Crippen molar-refractivity contribution in [1.29, 1.82) is 0 Å². The number of nitrogens with one attached hydrogen (secondary N) is 2. The van der Waals surface area contributed by atoms with Gasteiger partial charge in [-0.1, -0.05) is 24.2 Å². The van der Waals surface area contributed by atoms with Crippen LogP contribution in [0.4, 0.5) is 5.13 Å². The van der Waals surface area contributed by atoms with Crippen LogP contribution in [0, 0.1) is 0 Å². The molecule has 1 heterocycles. The average Bonchev–Trinajstić information content (AvgIpc) is 2.81. The molecule has 100 valence electrons. The van der Waals surface area contributed by atoms with Crippen LogP contribution in [0.5, 0.6) is 0 Å². The zero-order chi connectivity index (χ0) is 13.0. The lowest BCUT2D eigenvalue weighted by molar-refractivity contribution is 0.0720. The maximum absolute atomic E-state index is 12.0. The summed E-state index contributed by atoms with van der Waals surface area (Å²) in [6, 6.07) is -0.115. The number of nitrogens with zero attached hydrogens (tertiary/aromatic N) is 1. The van der Waals surface area contributed by atoms with Crippen molar-refractivity contribution in [1.82, 2.24) is 10.3 Å². The fourth-order valence-electron chi connectivity index (χ4n) is 2.13. The highest BCUT2D eigenvalue weighted by Crippen LogP contribution is 2.21. The van der Waals surface area contributed by atoms with Gasteiger partial charge in [-0.3, -0.25) is 4.79 Å². The van der Waals surface area contributed by atoms with Gasteiger partial charge in [0.2, 0.25) is 0 Å². The first-order chi connectivity index (χ1) is 8.70. The van der Waals surface area contributed by atoms with Gasteiger partial charge in [0.25, 0.3) is 5.91 Å². The van der Waals surface area contributed by atoms with E-state index in [-0.39, 0.29) is 11.9 Å². The van der Waals surface area contributed by atoms with Crippen molar-refractivity contribution >= 4 is 22.4 Å². The molecule has 1 aliphatic carbocycles. The van der Waals surface area contributed by atoms with Crippen LogP contribution in [-0.2, 0) is 0 Å². The quantitative estimate of drug-likeness (QED) is 0.776. The Labute approximate surface area is 111 Å². The highest BCUT2D eigenvalue weighted by Gasteiger charge is 2.25. The van der Waals surface area contributed by atoms with Gasteiger partial charge in [-0.15, -0.1) is 0 Å². The minimum Gasteiger partial charge on any atom is -0.391 e. The number of aliphatic hydroxyl groups excluding tert-OH is 1. The maximum Gasteiger partial charge on any atom is 0.263 e. The molecule has 1 aromatic rings. The molecule has 0 aliphatic heterocycles. The second-order valence-corrected chi connectivity index (χ2v) is 5.52. The van der Waals surface area contributed by atoms with E-state index in [2.05, 4.69) is 15.6 Å². The van der Waals surface area contributed by atoms with Gasteiger partial charge < -0.3 is 15.7 Å². The summed E-state index contributed by atoms with van der Waals surface area (Å²) < 4.78 is 0. The van der Waals surface area contributed by atoms with Crippen LogP contribution in [0.2, 0.25) is 0 Å². The number of hydrogen-bond donors (Lipinski definition) is 3. The molecule has 0 spiro atoms. The monoisotopic (exact) mass is 269 g/mol. The number of rotatable bonds is 4. The lowest BCUT2D eigenvalue weighted by Gasteiger charge is -2.28. The Bertz CT molecular complexity index is 408. The van der Waals surface area contributed by atoms with E-state index in [1.165, 1.54) is 11.3 Å². The van der Waals surface area contributed by atoms with Gasteiger partial charge in [0.05, 0.1) is 18.3 Å². The van der Waals surface area contributed by atoms with Crippen molar-refractivity contribution in [3.8, 4) is 0 Å². The summed E-state index contributed by atoms with van der Waals surface area (Å²) in [7, 11) is 0. The SMILES string of the molecule is CCNc1ncc(C(=O)NC2CCCCC2O)s1. The van der Waals surface area contributed by atoms with Crippen molar-refractivity contribution in [2.75, 3.05) is 11.9 Å². The topological polar surface area (TPSA) is 74.2 Å². The van der Waals surface area contributed by atoms with E-state index in [0.29, 0.717) is 4.88 Å². The summed E-state index contributed by atoms with van der Waals surface area (Å²) in [5, 5.41) is 16.5. The third-order valence-corrected chi connectivity index (χ3v) is 4.06. The van der Waals surface area contributed by atoms with Gasteiger partial charge in [-0.05, 0) is 19.8 Å². The predicted octanol–water partition coefficient (Wildman–Crippen LogP) is 1.61.